The molecule has 1 heterocycles. The first kappa shape index (κ1) is 14.6. The molecule has 0 aliphatic carbocycles. The van der Waals surface area contributed by atoms with Crippen molar-refractivity contribution in [3.05, 3.63) is 33.8 Å². The van der Waals surface area contributed by atoms with E-state index in [0.717, 1.165) is 26.1 Å². The number of hydrogen-bond acceptors (Lipinski definition) is 3. The Morgan fingerprint density at radius 1 is 1.32 bits per heavy atom. The van der Waals surface area contributed by atoms with Crippen LogP contribution in [0.15, 0.2) is 18.2 Å². The van der Waals surface area contributed by atoms with Gasteiger partial charge < -0.3 is 10.4 Å². The molecular weight excluding hydrogens is 287 g/mol. The fourth-order valence-corrected chi connectivity index (χ4v) is 2.75. The number of nitrogens with one attached hydrogen (secondary N) is 1. The third-order valence-electron chi connectivity index (χ3n) is 3.25. The predicted octanol–water partition coefficient (Wildman–Crippen LogP) is 2.41. The smallest absolute Gasteiger partial charge is 0.325 e. The minimum absolute atomic E-state index is 0.328. The third-order valence-corrected chi connectivity index (χ3v) is 4.08. The molecule has 2 N–H and O–H groups in total. The van der Waals surface area contributed by atoms with Crippen LogP contribution in [-0.2, 0) is 4.79 Å². The van der Waals surface area contributed by atoms with Crippen molar-refractivity contribution < 1.29 is 9.90 Å². The monoisotopic (exact) mass is 302 g/mol. The van der Waals surface area contributed by atoms with E-state index in [1.165, 1.54) is 0 Å². The molecule has 0 spiro atoms. The van der Waals surface area contributed by atoms with Gasteiger partial charge in [0.15, 0.2) is 0 Å². The number of benzene rings is 1. The topological polar surface area (TPSA) is 52.6 Å². The van der Waals surface area contributed by atoms with E-state index in [1.54, 1.807) is 18.2 Å². The number of halogens is 2. The number of rotatable bonds is 3. The summed E-state index contributed by atoms with van der Waals surface area (Å²) >= 11 is 12.1. The summed E-state index contributed by atoms with van der Waals surface area (Å²) in [6.45, 7) is 3.10. The van der Waals surface area contributed by atoms with Crippen LogP contribution in [0.4, 0.5) is 0 Å². The summed E-state index contributed by atoms with van der Waals surface area (Å²) in [5.74, 6) is -0.897. The molecule has 1 aromatic carbocycles. The Balaban J connectivity index is 2.33. The van der Waals surface area contributed by atoms with Crippen LogP contribution in [0.3, 0.4) is 0 Å². The van der Waals surface area contributed by atoms with Crippen LogP contribution in [0.1, 0.15) is 18.0 Å². The van der Waals surface area contributed by atoms with Crippen molar-refractivity contribution in [1.82, 2.24) is 10.2 Å². The quantitative estimate of drug-likeness (QED) is 0.900. The lowest BCUT2D eigenvalue weighted by Crippen LogP contribution is -2.36. The van der Waals surface area contributed by atoms with Crippen molar-refractivity contribution in [2.75, 3.05) is 26.2 Å². The normalized spacial score (nSPS) is 18.8. The summed E-state index contributed by atoms with van der Waals surface area (Å²) in [5, 5.41) is 13.5. The zero-order chi connectivity index (χ0) is 13.8. The summed E-state index contributed by atoms with van der Waals surface area (Å²) in [6, 6.07) is 4.38. The average Bonchev–Trinajstić information content (AvgIpc) is 2.63. The molecular formula is C13H16Cl2N2O2. The van der Waals surface area contributed by atoms with E-state index < -0.39 is 12.0 Å². The van der Waals surface area contributed by atoms with Gasteiger partial charge in [-0.1, -0.05) is 35.3 Å². The molecule has 1 unspecified atom stereocenters. The van der Waals surface area contributed by atoms with Crippen LogP contribution < -0.4 is 5.32 Å². The maximum Gasteiger partial charge on any atom is 0.325 e. The second-order valence-electron chi connectivity index (χ2n) is 4.52. The third kappa shape index (κ3) is 3.39. The molecule has 6 heteroatoms. The molecule has 0 bridgehead atoms. The first-order valence-corrected chi connectivity index (χ1v) is 6.98. The maximum absolute atomic E-state index is 11.6. The highest BCUT2D eigenvalue weighted by molar-refractivity contribution is 6.42. The molecule has 2 rings (SSSR count). The number of carboxylic acids is 1. The summed E-state index contributed by atoms with van der Waals surface area (Å²) in [5.41, 5.74) is 0.559. The zero-order valence-corrected chi connectivity index (χ0v) is 11.9. The van der Waals surface area contributed by atoms with E-state index in [9.17, 15) is 9.90 Å². The van der Waals surface area contributed by atoms with Crippen LogP contribution >= 0.6 is 23.2 Å². The molecule has 19 heavy (non-hydrogen) atoms. The Morgan fingerprint density at radius 3 is 2.84 bits per heavy atom. The summed E-state index contributed by atoms with van der Waals surface area (Å²) < 4.78 is 0. The molecule has 0 aromatic heterocycles. The van der Waals surface area contributed by atoms with E-state index in [0.29, 0.717) is 22.2 Å². The lowest BCUT2D eigenvalue weighted by atomic mass is 10.0. The van der Waals surface area contributed by atoms with Gasteiger partial charge in [-0.05, 0) is 19.0 Å². The Hall–Kier alpha value is -0.810. The van der Waals surface area contributed by atoms with Crippen LogP contribution in [0, 0.1) is 0 Å². The highest BCUT2D eigenvalue weighted by Crippen LogP contribution is 2.33. The van der Waals surface area contributed by atoms with E-state index in [4.69, 9.17) is 23.2 Å². The van der Waals surface area contributed by atoms with E-state index >= 15 is 0 Å². The summed E-state index contributed by atoms with van der Waals surface area (Å²) in [4.78, 5) is 13.5. The molecule has 4 nitrogen and oxygen atoms in total. The van der Waals surface area contributed by atoms with Gasteiger partial charge in [0.1, 0.15) is 6.04 Å². The lowest BCUT2D eigenvalue weighted by molar-refractivity contribution is -0.143. The molecule has 1 saturated heterocycles. The lowest BCUT2D eigenvalue weighted by Gasteiger charge is -2.28. The standard InChI is InChI=1S/C13H16Cl2N2O2/c14-10-4-1-3-9(11(10)15)12(13(18)19)17-7-2-5-16-6-8-17/h1,3-4,12,16H,2,5-8H2,(H,18,19). The fourth-order valence-electron chi connectivity index (χ4n) is 2.34. The van der Waals surface area contributed by atoms with Crippen LogP contribution in [-0.4, -0.2) is 42.2 Å². The minimum atomic E-state index is -0.897. The highest BCUT2D eigenvalue weighted by Gasteiger charge is 2.30. The summed E-state index contributed by atoms with van der Waals surface area (Å²) in [7, 11) is 0. The van der Waals surface area contributed by atoms with Gasteiger partial charge >= 0.3 is 5.97 Å². The van der Waals surface area contributed by atoms with Crippen LogP contribution in [0.2, 0.25) is 10.0 Å². The predicted molar refractivity (Wildman–Crippen MR) is 75.9 cm³/mol. The van der Waals surface area contributed by atoms with Gasteiger partial charge in [0.25, 0.3) is 0 Å². The highest BCUT2D eigenvalue weighted by atomic mass is 35.5. The molecule has 104 valence electrons. The van der Waals surface area contributed by atoms with Crippen molar-refractivity contribution in [1.29, 1.82) is 0 Å². The van der Waals surface area contributed by atoms with E-state index in [-0.39, 0.29) is 0 Å². The Morgan fingerprint density at radius 2 is 2.11 bits per heavy atom. The van der Waals surface area contributed by atoms with Crippen molar-refractivity contribution in [3.8, 4) is 0 Å². The van der Waals surface area contributed by atoms with E-state index in [2.05, 4.69) is 5.32 Å². The van der Waals surface area contributed by atoms with Crippen molar-refractivity contribution in [2.24, 2.45) is 0 Å². The average molecular weight is 303 g/mol. The van der Waals surface area contributed by atoms with Crippen LogP contribution in [0.5, 0.6) is 0 Å². The van der Waals surface area contributed by atoms with Crippen LogP contribution in [0.25, 0.3) is 0 Å². The van der Waals surface area contributed by atoms with Gasteiger partial charge in [-0.3, -0.25) is 9.69 Å². The maximum atomic E-state index is 11.6. The molecule has 1 atom stereocenters. The van der Waals surface area contributed by atoms with Gasteiger partial charge in [-0.25, -0.2) is 0 Å². The number of nitrogens with zero attached hydrogens (tertiary/aromatic N) is 1. The van der Waals surface area contributed by atoms with E-state index in [1.807, 2.05) is 4.90 Å². The molecule has 1 aliphatic rings. The molecule has 1 aliphatic heterocycles. The van der Waals surface area contributed by atoms with Gasteiger partial charge in [0.05, 0.1) is 10.0 Å². The first-order chi connectivity index (χ1) is 9.11. The summed E-state index contributed by atoms with van der Waals surface area (Å²) in [6.07, 6.45) is 0.919. The van der Waals surface area contributed by atoms with Gasteiger partial charge in [-0.2, -0.15) is 0 Å². The minimum Gasteiger partial charge on any atom is -0.480 e. The molecule has 0 amide bonds. The van der Waals surface area contributed by atoms with Gasteiger partial charge in [0.2, 0.25) is 0 Å². The number of aliphatic carboxylic acids is 1. The molecule has 0 saturated carbocycles. The number of hydrogen-bond donors (Lipinski definition) is 2. The molecule has 1 fully saturated rings. The largest absolute Gasteiger partial charge is 0.480 e. The van der Waals surface area contributed by atoms with Crippen molar-refractivity contribution in [3.63, 3.8) is 0 Å². The van der Waals surface area contributed by atoms with Crippen molar-refractivity contribution in [2.45, 2.75) is 12.5 Å². The Labute approximate surface area is 122 Å². The second-order valence-corrected chi connectivity index (χ2v) is 5.31. The fraction of sp³-hybridized carbons (Fsp3) is 0.462. The first-order valence-electron chi connectivity index (χ1n) is 6.22. The number of carboxylic acid groups (broad SMARTS) is 1. The number of carbonyl (C=O) groups is 1. The zero-order valence-electron chi connectivity index (χ0n) is 10.4. The Bertz CT molecular complexity index is 460. The molecule has 1 aromatic rings. The van der Waals surface area contributed by atoms with Gasteiger partial charge in [-0.15, -0.1) is 0 Å². The van der Waals surface area contributed by atoms with Crippen molar-refractivity contribution >= 4 is 29.2 Å². The van der Waals surface area contributed by atoms with Gasteiger partial charge in [0, 0.05) is 25.2 Å². The molecule has 0 radical (unpaired) electrons. The SMILES string of the molecule is O=C(O)C(c1cccc(Cl)c1Cl)N1CCCNCC1. The Kier molecular flexibility index (Phi) is 5.05. The second kappa shape index (κ2) is 6.57.